The van der Waals surface area contributed by atoms with Crippen LogP contribution in [0.4, 0.5) is 0 Å². The van der Waals surface area contributed by atoms with Gasteiger partial charge >= 0.3 is 5.97 Å². The minimum absolute atomic E-state index is 0.0785. The summed E-state index contributed by atoms with van der Waals surface area (Å²) in [7, 11) is 0. The predicted octanol–water partition coefficient (Wildman–Crippen LogP) is 2.82. The Balaban J connectivity index is 2.01. The summed E-state index contributed by atoms with van der Waals surface area (Å²) in [6.07, 6.45) is 0.0785. The summed E-state index contributed by atoms with van der Waals surface area (Å²) < 4.78 is 5.45. The van der Waals surface area contributed by atoms with Crippen molar-refractivity contribution in [2.45, 2.75) is 13.0 Å². The second-order valence-corrected chi connectivity index (χ2v) is 5.47. The highest BCUT2D eigenvalue weighted by Crippen LogP contribution is 2.24. The normalized spacial score (nSPS) is 15.4. The highest BCUT2D eigenvalue weighted by atomic mass is 32.2. The molecule has 0 saturated carbocycles. The van der Waals surface area contributed by atoms with Gasteiger partial charge in [0.15, 0.2) is 0 Å². The molecule has 0 aliphatic carbocycles. The quantitative estimate of drug-likeness (QED) is 0.777. The predicted molar refractivity (Wildman–Crippen MR) is 73.0 cm³/mol. The van der Waals surface area contributed by atoms with Crippen LogP contribution in [0, 0.1) is 6.92 Å². The lowest BCUT2D eigenvalue weighted by atomic mass is 10.1. The second kappa shape index (κ2) is 4.61. The fraction of sp³-hybridized carbons (Fsp3) is 0.286. The Morgan fingerprint density at radius 3 is 2.89 bits per heavy atom. The lowest BCUT2D eigenvalue weighted by Crippen LogP contribution is -2.30. The van der Waals surface area contributed by atoms with Crippen molar-refractivity contribution in [3.63, 3.8) is 0 Å². The first-order chi connectivity index (χ1) is 8.74. The van der Waals surface area contributed by atoms with Gasteiger partial charge < -0.3 is 4.74 Å². The summed E-state index contributed by atoms with van der Waals surface area (Å²) in [6, 6.07) is 9.46. The Morgan fingerprint density at radius 2 is 2.17 bits per heavy atom. The van der Waals surface area contributed by atoms with Crippen molar-refractivity contribution in [3.8, 4) is 0 Å². The number of carbonyl (C=O) groups excluding carboxylic acids is 1. The minimum atomic E-state index is -0.234. The number of aromatic nitrogens is 1. The Labute approximate surface area is 110 Å². The highest BCUT2D eigenvalue weighted by Gasteiger charge is 2.24. The maximum Gasteiger partial charge on any atom is 0.339 e. The van der Waals surface area contributed by atoms with Crippen LogP contribution in [-0.2, 0) is 4.74 Å². The largest absolute Gasteiger partial charge is 0.457 e. The third-order valence-electron chi connectivity index (χ3n) is 2.95. The third kappa shape index (κ3) is 2.08. The highest BCUT2D eigenvalue weighted by molar-refractivity contribution is 8.00. The molecule has 4 heteroatoms. The molecular formula is C14H13NO2S. The molecular weight excluding hydrogens is 246 g/mol. The molecule has 1 aromatic carbocycles. The summed E-state index contributed by atoms with van der Waals surface area (Å²) in [5.74, 6) is 1.59. The van der Waals surface area contributed by atoms with E-state index in [1.165, 1.54) is 0 Å². The number of nitrogens with zero attached hydrogens (tertiary/aromatic N) is 1. The molecule has 18 heavy (non-hydrogen) atoms. The molecule has 3 nitrogen and oxygen atoms in total. The molecule has 0 amide bonds. The summed E-state index contributed by atoms with van der Waals surface area (Å²) >= 11 is 1.80. The van der Waals surface area contributed by atoms with Gasteiger partial charge in [-0.15, -0.1) is 0 Å². The standard InChI is InChI=1S/C14H13NO2S/c1-9-6-12(14(16)17-10-7-18-8-10)11-4-2-3-5-13(11)15-9/h2-6,10H,7-8H2,1H3. The fourth-order valence-electron chi connectivity index (χ4n) is 1.97. The van der Waals surface area contributed by atoms with Crippen LogP contribution in [0.15, 0.2) is 30.3 Å². The number of para-hydroxylation sites is 1. The zero-order valence-corrected chi connectivity index (χ0v) is 10.9. The lowest BCUT2D eigenvalue weighted by Gasteiger charge is -2.24. The van der Waals surface area contributed by atoms with Crippen LogP contribution in [0.25, 0.3) is 10.9 Å². The molecule has 0 atom stereocenters. The van der Waals surface area contributed by atoms with Crippen LogP contribution in [0.1, 0.15) is 16.1 Å². The van der Waals surface area contributed by atoms with E-state index in [1.54, 1.807) is 17.8 Å². The van der Waals surface area contributed by atoms with E-state index in [9.17, 15) is 4.79 Å². The fourth-order valence-corrected chi connectivity index (χ4v) is 2.54. The first-order valence-electron chi connectivity index (χ1n) is 5.89. The number of hydrogen-bond acceptors (Lipinski definition) is 4. The number of esters is 1. The minimum Gasteiger partial charge on any atom is -0.457 e. The number of ether oxygens (including phenoxy) is 1. The van der Waals surface area contributed by atoms with Crippen LogP contribution in [-0.4, -0.2) is 28.6 Å². The van der Waals surface area contributed by atoms with Crippen molar-refractivity contribution in [3.05, 3.63) is 41.6 Å². The monoisotopic (exact) mass is 259 g/mol. The van der Waals surface area contributed by atoms with Gasteiger partial charge in [0.25, 0.3) is 0 Å². The van der Waals surface area contributed by atoms with Crippen LogP contribution in [0.5, 0.6) is 0 Å². The molecule has 1 aromatic heterocycles. The van der Waals surface area contributed by atoms with E-state index in [1.807, 2.05) is 31.2 Å². The number of hydrogen-bond donors (Lipinski definition) is 0. The topological polar surface area (TPSA) is 39.2 Å². The van der Waals surface area contributed by atoms with E-state index >= 15 is 0 Å². The van der Waals surface area contributed by atoms with E-state index in [-0.39, 0.29) is 12.1 Å². The Hall–Kier alpha value is -1.55. The molecule has 0 bridgehead atoms. The lowest BCUT2D eigenvalue weighted by molar-refractivity contribution is 0.0377. The van der Waals surface area contributed by atoms with E-state index in [0.717, 1.165) is 28.1 Å². The van der Waals surface area contributed by atoms with Crippen molar-refractivity contribution in [2.24, 2.45) is 0 Å². The number of carbonyl (C=O) groups is 1. The number of fused-ring (bicyclic) bond motifs is 1. The zero-order chi connectivity index (χ0) is 12.5. The van der Waals surface area contributed by atoms with E-state index in [4.69, 9.17) is 4.74 Å². The van der Waals surface area contributed by atoms with Gasteiger partial charge in [0.05, 0.1) is 11.1 Å². The van der Waals surface area contributed by atoms with Crippen LogP contribution in [0.3, 0.4) is 0 Å². The van der Waals surface area contributed by atoms with Gasteiger partial charge in [0.1, 0.15) is 6.10 Å². The molecule has 0 unspecified atom stereocenters. The van der Waals surface area contributed by atoms with Gasteiger partial charge in [-0.05, 0) is 19.1 Å². The number of aryl methyl sites for hydroxylation is 1. The summed E-state index contributed by atoms with van der Waals surface area (Å²) in [5, 5.41) is 0.861. The average molecular weight is 259 g/mol. The molecule has 0 radical (unpaired) electrons. The summed E-state index contributed by atoms with van der Waals surface area (Å²) in [5.41, 5.74) is 2.30. The van der Waals surface area contributed by atoms with Crippen LogP contribution in [0.2, 0.25) is 0 Å². The summed E-state index contributed by atoms with van der Waals surface area (Å²) in [6.45, 7) is 1.89. The van der Waals surface area contributed by atoms with Crippen molar-refractivity contribution in [1.82, 2.24) is 4.98 Å². The van der Waals surface area contributed by atoms with Gasteiger partial charge in [0.2, 0.25) is 0 Å². The molecule has 0 spiro atoms. The van der Waals surface area contributed by atoms with Gasteiger partial charge in [0, 0.05) is 22.6 Å². The van der Waals surface area contributed by atoms with E-state index < -0.39 is 0 Å². The SMILES string of the molecule is Cc1cc(C(=O)OC2CSC2)c2ccccc2n1. The summed E-state index contributed by atoms with van der Waals surface area (Å²) in [4.78, 5) is 16.6. The van der Waals surface area contributed by atoms with Crippen molar-refractivity contribution in [2.75, 3.05) is 11.5 Å². The van der Waals surface area contributed by atoms with E-state index in [0.29, 0.717) is 5.56 Å². The molecule has 2 heterocycles. The number of rotatable bonds is 2. The smallest absolute Gasteiger partial charge is 0.339 e. The van der Waals surface area contributed by atoms with Gasteiger partial charge in [-0.2, -0.15) is 11.8 Å². The second-order valence-electron chi connectivity index (χ2n) is 4.39. The Kier molecular flexibility index (Phi) is 2.96. The number of pyridine rings is 1. The Morgan fingerprint density at radius 1 is 1.39 bits per heavy atom. The van der Waals surface area contributed by atoms with Gasteiger partial charge in [-0.25, -0.2) is 4.79 Å². The van der Waals surface area contributed by atoms with Crippen molar-refractivity contribution in [1.29, 1.82) is 0 Å². The van der Waals surface area contributed by atoms with Gasteiger partial charge in [-0.1, -0.05) is 18.2 Å². The molecule has 1 saturated heterocycles. The molecule has 3 rings (SSSR count). The first kappa shape index (κ1) is 11.5. The molecule has 2 aromatic rings. The molecule has 1 aliphatic rings. The first-order valence-corrected chi connectivity index (χ1v) is 7.04. The Bertz CT molecular complexity index is 608. The molecule has 0 N–H and O–H groups in total. The van der Waals surface area contributed by atoms with Crippen molar-refractivity contribution >= 4 is 28.6 Å². The number of benzene rings is 1. The third-order valence-corrected chi connectivity index (χ3v) is 4.16. The van der Waals surface area contributed by atoms with Gasteiger partial charge in [-0.3, -0.25) is 4.98 Å². The van der Waals surface area contributed by atoms with Crippen LogP contribution >= 0.6 is 11.8 Å². The molecule has 1 aliphatic heterocycles. The van der Waals surface area contributed by atoms with E-state index in [2.05, 4.69) is 4.98 Å². The number of thioether (sulfide) groups is 1. The zero-order valence-electron chi connectivity index (χ0n) is 10.1. The van der Waals surface area contributed by atoms with Crippen LogP contribution < -0.4 is 0 Å². The maximum absolute atomic E-state index is 12.2. The average Bonchev–Trinajstić information content (AvgIpc) is 2.32. The molecule has 1 fully saturated rings. The molecule has 92 valence electrons. The van der Waals surface area contributed by atoms with Crippen molar-refractivity contribution < 1.29 is 9.53 Å². The maximum atomic E-state index is 12.2.